The smallest absolute Gasteiger partial charge is 0.410 e. The Morgan fingerprint density at radius 1 is 0.917 bits per heavy atom. The van der Waals surface area contributed by atoms with E-state index >= 15 is 0 Å². The zero-order valence-corrected chi connectivity index (χ0v) is 31.1. The molecule has 0 radical (unpaired) electrons. The average molecular weight is 674 g/mol. The molecule has 0 aromatic carbocycles. The first-order chi connectivity index (χ1) is 22.3. The van der Waals surface area contributed by atoms with Gasteiger partial charge >= 0.3 is 12.1 Å². The van der Waals surface area contributed by atoms with Gasteiger partial charge in [0.2, 0.25) is 0 Å². The molecule has 7 rings (SSSR count). The van der Waals surface area contributed by atoms with E-state index in [1.54, 1.807) is 18.7 Å². The number of hydrogen-bond donors (Lipinski definition) is 1. The van der Waals surface area contributed by atoms with E-state index in [-0.39, 0.29) is 41.2 Å². The molecular formula is C39H63NO8. The number of ether oxygens (including phenoxy) is 5. The van der Waals surface area contributed by atoms with Crippen LogP contribution in [0.4, 0.5) is 4.79 Å². The van der Waals surface area contributed by atoms with Gasteiger partial charge in [-0.1, -0.05) is 20.8 Å². The molecule has 2 heterocycles. The van der Waals surface area contributed by atoms with Crippen molar-refractivity contribution in [3.63, 3.8) is 0 Å². The number of carbonyl (C=O) groups is 2. The van der Waals surface area contributed by atoms with Crippen LogP contribution < -0.4 is 0 Å². The highest BCUT2D eigenvalue weighted by Gasteiger charge is 2.80. The molecule has 0 aromatic heterocycles. The first-order valence-corrected chi connectivity index (χ1v) is 19.1. The third-order valence-corrected chi connectivity index (χ3v) is 14.9. The minimum Gasteiger partial charge on any atom is -0.457 e. The summed E-state index contributed by atoms with van der Waals surface area (Å²) in [7, 11) is 0. The molecule has 7 aliphatic rings. The molecule has 1 N–H and O–H groups in total. The molecule has 0 bridgehead atoms. The standard InChI is InChI=1S/C39H63NO8/c1-23(41)45-32(36(7,8)43)27-12-10-25-28(46-27)20-26-24-11-13-29-35(5,6)30(14-15-39(29)22-38(24,39)17-16-37(25,26)9)47-31-21-40(18-19-44-31)33(42)48-34(2,3)4/h24-32,43H,10-22H2,1-9H3. The maximum Gasteiger partial charge on any atom is 0.410 e. The molecule has 12 atom stereocenters. The lowest BCUT2D eigenvalue weighted by Gasteiger charge is -2.60. The van der Waals surface area contributed by atoms with Crippen molar-refractivity contribution in [1.82, 2.24) is 4.90 Å². The van der Waals surface area contributed by atoms with Crippen LogP contribution in [0.1, 0.15) is 127 Å². The largest absolute Gasteiger partial charge is 0.457 e. The molecule has 272 valence electrons. The molecule has 12 unspecified atom stereocenters. The molecule has 48 heavy (non-hydrogen) atoms. The van der Waals surface area contributed by atoms with Crippen LogP contribution in [0, 0.1) is 45.3 Å². The van der Waals surface area contributed by atoms with Gasteiger partial charge in [0.05, 0.1) is 37.1 Å². The van der Waals surface area contributed by atoms with Gasteiger partial charge in [-0.3, -0.25) is 4.79 Å². The fourth-order valence-electron chi connectivity index (χ4n) is 12.9. The number of fused-ring (bicyclic) bond motifs is 4. The maximum atomic E-state index is 12.8. The molecule has 2 spiro atoms. The summed E-state index contributed by atoms with van der Waals surface area (Å²) >= 11 is 0. The van der Waals surface area contributed by atoms with Crippen molar-refractivity contribution in [1.29, 1.82) is 0 Å². The van der Waals surface area contributed by atoms with Crippen molar-refractivity contribution in [3.8, 4) is 0 Å². The van der Waals surface area contributed by atoms with E-state index in [4.69, 9.17) is 23.7 Å². The van der Waals surface area contributed by atoms with Crippen molar-refractivity contribution in [2.45, 2.75) is 168 Å². The number of carbonyl (C=O) groups excluding carboxylic acids is 2. The van der Waals surface area contributed by atoms with Crippen molar-refractivity contribution < 1.29 is 38.4 Å². The summed E-state index contributed by atoms with van der Waals surface area (Å²) < 4.78 is 31.0. The van der Waals surface area contributed by atoms with E-state index in [2.05, 4.69) is 20.8 Å². The van der Waals surface area contributed by atoms with Crippen LogP contribution in [0.25, 0.3) is 0 Å². The fourth-order valence-corrected chi connectivity index (χ4v) is 12.9. The van der Waals surface area contributed by atoms with Gasteiger partial charge in [-0.05, 0) is 144 Å². The van der Waals surface area contributed by atoms with Crippen LogP contribution in [0.15, 0.2) is 0 Å². The quantitative estimate of drug-likeness (QED) is 0.316. The molecule has 5 saturated carbocycles. The number of rotatable bonds is 5. The molecule has 5 aliphatic carbocycles. The highest BCUT2D eigenvalue weighted by atomic mass is 16.7. The zero-order valence-electron chi connectivity index (χ0n) is 31.1. The maximum absolute atomic E-state index is 12.8. The molecule has 9 nitrogen and oxygen atoms in total. The number of aliphatic hydroxyl groups is 1. The van der Waals surface area contributed by atoms with Crippen LogP contribution in [-0.4, -0.2) is 83.7 Å². The Balaban J connectivity index is 1.03. The number of amides is 1. The Morgan fingerprint density at radius 3 is 2.33 bits per heavy atom. The molecule has 9 heteroatoms. The van der Waals surface area contributed by atoms with Crippen molar-refractivity contribution in [3.05, 3.63) is 0 Å². The predicted octanol–water partition coefficient (Wildman–Crippen LogP) is 6.87. The SMILES string of the molecule is CC(=O)OC(C1CCC2C(CC3C4CCC5C(C)(C)C(OC6CN(C(=O)OC(C)(C)C)CCO6)CCC56CC46CCC23C)O1)C(C)(C)O. The Hall–Kier alpha value is -1.42. The van der Waals surface area contributed by atoms with E-state index in [0.29, 0.717) is 48.3 Å². The van der Waals surface area contributed by atoms with Gasteiger partial charge in [0.25, 0.3) is 0 Å². The lowest BCUT2D eigenvalue weighted by molar-refractivity contribution is -0.243. The zero-order chi connectivity index (χ0) is 34.7. The summed E-state index contributed by atoms with van der Waals surface area (Å²) in [5.74, 6) is 2.17. The second-order valence-electron chi connectivity index (χ2n) is 19.4. The van der Waals surface area contributed by atoms with Crippen molar-refractivity contribution >= 4 is 12.1 Å². The number of morpholine rings is 1. The Bertz CT molecular complexity index is 1270. The van der Waals surface area contributed by atoms with Gasteiger partial charge in [0.15, 0.2) is 12.4 Å². The van der Waals surface area contributed by atoms with Crippen molar-refractivity contribution in [2.24, 2.45) is 45.3 Å². The van der Waals surface area contributed by atoms with E-state index in [9.17, 15) is 14.7 Å². The lowest BCUT2D eigenvalue weighted by atomic mass is 9.46. The molecule has 0 aromatic rings. The van der Waals surface area contributed by atoms with Gasteiger partial charge < -0.3 is 33.7 Å². The fraction of sp³-hybridized carbons (Fsp3) is 0.949. The third-order valence-electron chi connectivity index (χ3n) is 14.9. The summed E-state index contributed by atoms with van der Waals surface area (Å²) in [5.41, 5.74) is -0.558. The van der Waals surface area contributed by atoms with E-state index < -0.39 is 23.6 Å². The Labute approximate surface area is 288 Å². The monoisotopic (exact) mass is 673 g/mol. The van der Waals surface area contributed by atoms with Gasteiger partial charge in [-0.2, -0.15) is 0 Å². The van der Waals surface area contributed by atoms with Gasteiger partial charge in [-0.15, -0.1) is 0 Å². The van der Waals surface area contributed by atoms with E-state index in [1.807, 2.05) is 20.8 Å². The molecule has 2 saturated heterocycles. The number of esters is 1. The van der Waals surface area contributed by atoms with Crippen LogP contribution in [0.3, 0.4) is 0 Å². The van der Waals surface area contributed by atoms with Crippen LogP contribution in [0.5, 0.6) is 0 Å². The molecular weight excluding hydrogens is 610 g/mol. The van der Waals surface area contributed by atoms with Crippen molar-refractivity contribution in [2.75, 3.05) is 19.7 Å². The Morgan fingerprint density at radius 2 is 1.65 bits per heavy atom. The Kier molecular flexibility index (Phi) is 8.42. The molecule has 1 amide bonds. The van der Waals surface area contributed by atoms with E-state index in [1.165, 1.54) is 45.4 Å². The predicted molar refractivity (Wildman–Crippen MR) is 180 cm³/mol. The summed E-state index contributed by atoms with van der Waals surface area (Å²) in [6.07, 6.45) is 10.3. The van der Waals surface area contributed by atoms with Crippen LogP contribution in [0.2, 0.25) is 0 Å². The van der Waals surface area contributed by atoms with Crippen LogP contribution >= 0.6 is 0 Å². The summed E-state index contributed by atoms with van der Waals surface area (Å²) in [6.45, 7) is 19.4. The van der Waals surface area contributed by atoms with E-state index in [0.717, 1.165) is 31.6 Å². The van der Waals surface area contributed by atoms with Gasteiger partial charge in [0, 0.05) is 13.5 Å². The normalized spacial score (nSPS) is 45.4. The highest BCUT2D eigenvalue weighted by Crippen LogP contribution is 2.87. The third kappa shape index (κ3) is 5.54. The first-order valence-electron chi connectivity index (χ1n) is 19.1. The second-order valence-corrected chi connectivity index (χ2v) is 19.4. The second kappa shape index (κ2) is 11.5. The number of hydrogen-bond acceptors (Lipinski definition) is 8. The molecule has 7 fully saturated rings. The molecule has 2 aliphatic heterocycles. The lowest BCUT2D eigenvalue weighted by Crippen LogP contribution is -2.56. The summed E-state index contributed by atoms with van der Waals surface area (Å²) in [6, 6.07) is 0. The van der Waals surface area contributed by atoms with Crippen LogP contribution in [-0.2, 0) is 28.5 Å². The van der Waals surface area contributed by atoms with Gasteiger partial charge in [-0.25, -0.2) is 4.79 Å². The summed E-state index contributed by atoms with van der Waals surface area (Å²) in [4.78, 5) is 26.5. The summed E-state index contributed by atoms with van der Waals surface area (Å²) in [5, 5.41) is 10.9. The highest BCUT2D eigenvalue weighted by molar-refractivity contribution is 5.68. The number of nitrogens with zero attached hydrogens (tertiary/aromatic N) is 1. The average Bonchev–Trinajstić information content (AvgIpc) is 3.56. The first kappa shape index (κ1) is 35.0. The van der Waals surface area contributed by atoms with Gasteiger partial charge in [0.1, 0.15) is 5.60 Å². The minimum absolute atomic E-state index is 0.0217. The minimum atomic E-state index is -1.16. The topological polar surface area (TPSA) is 104 Å².